The van der Waals surface area contributed by atoms with Gasteiger partial charge in [-0.1, -0.05) is 0 Å². The summed E-state index contributed by atoms with van der Waals surface area (Å²) in [6.45, 7) is 1.66. The molecule has 90 valence electrons. The Bertz CT molecular complexity index is 477. The van der Waals surface area contributed by atoms with Crippen LogP contribution < -0.4 is 10.6 Å². The fourth-order valence-electron chi connectivity index (χ4n) is 0.840. The number of hydrogen-bond acceptors (Lipinski definition) is 5. The van der Waals surface area contributed by atoms with Crippen LogP contribution in [0.15, 0.2) is 22.8 Å². The first-order valence-corrected chi connectivity index (χ1v) is 4.42. The van der Waals surface area contributed by atoms with Crippen molar-refractivity contribution in [1.82, 2.24) is 10.3 Å². The number of urea groups is 1. The molecule has 0 aliphatic carbocycles. The second-order valence-corrected chi connectivity index (χ2v) is 2.91. The van der Waals surface area contributed by atoms with E-state index in [0.717, 1.165) is 0 Å². The molecule has 0 aliphatic rings. The highest BCUT2D eigenvalue weighted by Gasteiger charge is 2.08. The highest BCUT2D eigenvalue weighted by molar-refractivity contribution is 6.05. The molecular weight excluding hydrogens is 230 g/mol. The summed E-state index contributed by atoms with van der Waals surface area (Å²) in [5.74, 6) is -2.16. The summed E-state index contributed by atoms with van der Waals surface area (Å²) in [7, 11) is 0. The van der Waals surface area contributed by atoms with Gasteiger partial charge in [0.2, 0.25) is 0 Å². The van der Waals surface area contributed by atoms with Gasteiger partial charge < -0.3 is 9.52 Å². The van der Waals surface area contributed by atoms with Crippen molar-refractivity contribution in [3.63, 3.8) is 0 Å². The molecule has 0 saturated heterocycles. The second kappa shape index (κ2) is 5.45. The Morgan fingerprint density at radius 2 is 2.12 bits per heavy atom. The lowest BCUT2D eigenvalue weighted by Gasteiger charge is -1.99. The van der Waals surface area contributed by atoms with Crippen molar-refractivity contribution in [2.75, 3.05) is 5.32 Å². The molecule has 0 aromatic carbocycles. The normalized spacial score (nSPS) is 10.2. The number of aliphatic carboxylic acids is 1. The molecule has 3 amide bonds. The van der Waals surface area contributed by atoms with Crippen molar-refractivity contribution < 1.29 is 23.9 Å². The van der Waals surface area contributed by atoms with E-state index >= 15 is 0 Å². The van der Waals surface area contributed by atoms with Gasteiger partial charge in [-0.25, -0.2) is 9.59 Å². The van der Waals surface area contributed by atoms with Crippen LogP contribution in [-0.2, 0) is 9.59 Å². The van der Waals surface area contributed by atoms with Crippen LogP contribution in [0.4, 0.5) is 10.8 Å². The highest BCUT2D eigenvalue weighted by atomic mass is 16.4. The number of carbonyl (C=O) groups excluding carboxylic acids is 2. The van der Waals surface area contributed by atoms with Gasteiger partial charge in [0.1, 0.15) is 6.26 Å². The van der Waals surface area contributed by atoms with Crippen LogP contribution in [-0.4, -0.2) is 28.0 Å². The standard InChI is InChI=1S/C9H9N3O5/c1-5-4-17-9(10-5)12-8(16)11-6(13)2-3-7(14)15/h2-4H,1H3,(H,14,15)(H2,10,11,12,13,16)/b3-2+. The average Bonchev–Trinajstić information content (AvgIpc) is 2.60. The molecule has 1 heterocycles. The second-order valence-electron chi connectivity index (χ2n) is 2.91. The molecule has 17 heavy (non-hydrogen) atoms. The van der Waals surface area contributed by atoms with Crippen LogP contribution in [0.3, 0.4) is 0 Å². The predicted molar refractivity (Wildman–Crippen MR) is 55.2 cm³/mol. The summed E-state index contributed by atoms with van der Waals surface area (Å²) in [6, 6.07) is -0.929. The minimum Gasteiger partial charge on any atom is -0.478 e. The molecule has 0 saturated carbocycles. The zero-order valence-electron chi connectivity index (χ0n) is 8.76. The number of imide groups is 1. The molecule has 1 rings (SSSR count). The van der Waals surface area contributed by atoms with Gasteiger partial charge in [-0.2, -0.15) is 4.98 Å². The third-order valence-corrected chi connectivity index (χ3v) is 1.45. The molecule has 1 aromatic heterocycles. The third kappa shape index (κ3) is 4.60. The smallest absolute Gasteiger partial charge is 0.329 e. The number of aryl methyl sites for hydroxylation is 1. The van der Waals surface area contributed by atoms with Gasteiger partial charge in [-0.3, -0.25) is 15.4 Å². The number of amides is 3. The minimum atomic E-state index is -1.29. The number of carboxylic acid groups (broad SMARTS) is 1. The average molecular weight is 239 g/mol. The maximum absolute atomic E-state index is 11.2. The first-order valence-electron chi connectivity index (χ1n) is 4.42. The first-order chi connectivity index (χ1) is 7.97. The SMILES string of the molecule is Cc1coc(NC(=O)NC(=O)/C=C/C(=O)O)n1. The number of hydrogen-bond donors (Lipinski definition) is 3. The number of anilines is 1. The fourth-order valence-corrected chi connectivity index (χ4v) is 0.840. The maximum atomic E-state index is 11.2. The first kappa shape index (κ1) is 12.4. The molecule has 0 atom stereocenters. The summed E-state index contributed by atoms with van der Waals surface area (Å²) in [4.78, 5) is 36.0. The van der Waals surface area contributed by atoms with Crippen molar-refractivity contribution in [3.8, 4) is 0 Å². The van der Waals surface area contributed by atoms with Gasteiger partial charge in [0.15, 0.2) is 0 Å². The summed E-state index contributed by atoms with van der Waals surface area (Å²) >= 11 is 0. The van der Waals surface area contributed by atoms with Crippen LogP contribution in [0.1, 0.15) is 5.69 Å². The van der Waals surface area contributed by atoms with E-state index in [1.165, 1.54) is 6.26 Å². The lowest BCUT2D eigenvalue weighted by Crippen LogP contribution is -2.33. The molecular formula is C9H9N3O5. The van der Waals surface area contributed by atoms with Crippen LogP contribution in [0.25, 0.3) is 0 Å². The Morgan fingerprint density at radius 1 is 1.41 bits per heavy atom. The van der Waals surface area contributed by atoms with Gasteiger partial charge in [0.25, 0.3) is 5.91 Å². The Hall–Kier alpha value is -2.64. The number of nitrogens with zero attached hydrogens (tertiary/aromatic N) is 1. The summed E-state index contributed by atoms with van der Waals surface area (Å²) < 4.78 is 4.81. The molecule has 0 fully saturated rings. The van der Waals surface area contributed by atoms with Gasteiger partial charge in [-0.05, 0) is 6.92 Å². The Kier molecular flexibility index (Phi) is 3.98. The van der Waals surface area contributed by atoms with Crippen molar-refractivity contribution in [3.05, 3.63) is 24.1 Å². The highest BCUT2D eigenvalue weighted by Crippen LogP contribution is 2.04. The molecule has 0 unspecified atom stereocenters. The topological polar surface area (TPSA) is 122 Å². The third-order valence-electron chi connectivity index (χ3n) is 1.45. The van der Waals surface area contributed by atoms with Crippen LogP contribution in [0, 0.1) is 6.92 Å². The van der Waals surface area contributed by atoms with Gasteiger partial charge in [0.05, 0.1) is 5.69 Å². The van der Waals surface area contributed by atoms with Crippen molar-refractivity contribution >= 4 is 23.9 Å². The zero-order valence-corrected chi connectivity index (χ0v) is 8.76. The van der Waals surface area contributed by atoms with Gasteiger partial charge in [-0.15, -0.1) is 0 Å². The summed E-state index contributed by atoms with van der Waals surface area (Å²) in [6.07, 6.45) is 2.64. The monoisotopic (exact) mass is 239 g/mol. The Balaban J connectivity index is 2.45. The zero-order chi connectivity index (χ0) is 12.8. The number of carboxylic acids is 1. The number of nitrogens with one attached hydrogen (secondary N) is 2. The molecule has 0 bridgehead atoms. The summed E-state index contributed by atoms with van der Waals surface area (Å²) in [5, 5.41) is 12.2. The molecule has 0 spiro atoms. The van der Waals surface area contributed by atoms with Crippen LogP contribution >= 0.6 is 0 Å². The van der Waals surface area contributed by atoms with Crippen molar-refractivity contribution in [1.29, 1.82) is 0 Å². The van der Waals surface area contributed by atoms with E-state index < -0.39 is 17.9 Å². The van der Waals surface area contributed by atoms with E-state index in [-0.39, 0.29) is 6.01 Å². The molecule has 3 N–H and O–H groups in total. The van der Waals surface area contributed by atoms with E-state index in [1.807, 2.05) is 5.32 Å². The van der Waals surface area contributed by atoms with E-state index in [1.54, 1.807) is 6.92 Å². The van der Waals surface area contributed by atoms with Gasteiger partial charge in [0, 0.05) is 12.2 Å². The fraction of sp³-hybridized carbons (Fsp3) is 0.111. The van der Waals surface area contributed by atoms with Crippen LogP contribution in [0.5, 0.6) is 0 Å². The maximum Gasteiger partial charge on any atom is 0.329 e. The Morgan fingerprint density at radius 3 is 2.65 bits per heavy atom. The number of rotatable bonds is 3. The Labute approximate surface area is 95.3 Å². The van der Waals surface area contributed by atoms with Crippen LogP contribution in [0.2, 0.25) is 0 Å². The molecule has 0 aliphatic heterocycles. The summed E-state index contributed by atoms with van der Waals surface area (Å²) in [5.41, 5.74) is 0.567. The predicted octanol–water partition coefficient (Wildman–Crippen LogP) is 0.272. The number of carbonyl (C=O) groups is 3. The van der Waals surface area contributed by atoms with E-state index in [9.17, 15) is 14.4 Å². The molecule has 8 nitrogen and oxygen atoms in total. The van der Waals surface area contributed by atoms with Crippen molar-refractivity contribution in [2.45, 2.75) is 6.92 Å². The molecule has 8 heteroatoms. The van der Waals surface area contributed by atoms with E-state index in [4.69, 9.17) is 9.52 Å². The lowest BCUT2D eigenvalue weighted by atomic mass is 10.5. The number of oxazole rings is 1. The van der Waals surface area contributed by atoms with Crippen molar-refractivity contribution in [2.24, 2.45) is 0 Å². The van der Waals surface area contributed by atoms with E-state index in [2.05, 4.69) is 10.3 Å². The lowest BCUT2D eigenvalue weighted by molar-refractivity contribution is -0.131. The molecule has 0 radical (unpaired) electrons. The van der Waals surface area contributed by atoms with E-state index in [0.29, 0.717) is 17.8 Å². The minimum absolute atomic E-state index is 0.0602. The largest absolute Gasteiger partial charge is 0.478 e. The number of aromatic nitrogens is 1. The quantitative estimate of drug-likeness (QED) is 0.651. The molecule has 1 aromatic rings. The van der Waals surface area contributed by atoms with Gasteiger partial charge >= 0.3 is 18.0 Å².